The predicted molar refractivity (Wildman–Crippen MR) is 81.0 cm³/mol. The van der Waals surface area contributed by atoms with Gasteiger partial charge in [0.1, 0.15) is 0 Å². The summed E-state index contributed by atoms with van der Waals surface area (Å²) >= 11 is 0. The van der Waals surface area contributed by atoms with Gasteiger partial charge in [-0.05, 0) is 24.3 Å². The van der Waals surface area contributed by atoms with Crippen LogP contribution < -0.4 is 5.43 Å². The van der Waals surface area contributed by atoms with Gasteiger partial charge in [-0.1, -0.05) is 24.3 Å². The predicted octanol–water partition coefficient (Wildman–Crippen LogP) is 4.63. The van der Waals surface area contributed by atoms with Crippen LogP contribution in [-0.2, 0) is 6.18 Å². The smallest absolute Gasteiger partial charge is 0.361 e. The maximum Gasteiger partial charge on any atom is 0.416 e. The Kier molecular flexibility index (Phi) is 3.58. The fraction of sp³-hybridized carbons (Fsp3) is 0.0625. The lowest BCUT2D eigenvalue weighted by Gasteiger charge is -2.07. The van der Waals surface area contributed by atoms with Gasteiger partial charge in [-0.2, -0.15) is 18.3 Å². The molecule has 0 aliphatic carbocycles. The Morgan fingerprint density at radius 1 is 1.05 bits per heavy atom. The summed E-state index contributed by atoms with van der Waals surface area (Å²) in [5, 5.41) is 4.99. The summed E-state index contributed by atoms with van der Waals surface area (Å²) in [4.78, 5) is 3.10. The van der Waals surface area contributed by atoms with E-state index >= 15 is 0 Å². The van der Waals surface area contributed by atoms with Gasteiger partial charge in [0.2, 0.25) is 0 Å². The highest BCUT2D eigenvalue weighted by atomic mass is 19.4. The monoisotopic (exact) mass is 303 g/mol. The molecule has 6 heteroatoms. The molecular weight excluding hydrogens is 291 g/mol. The number of para-hydroxylation sites is 1. The summed E-state index contributed by atoms with van der Waals surface area (Å²) in [5.74, 6) is 0. The first-order valence-electron chi connectivity index (χ1n) is 6.56. The largest absolute Gasteiger partial charge is 0.416 e. The molecule has 0 saturated heterocycles. The summed E-state index contributed by atoms with van der Waals surface area (Å²) < 4.78 is 37.9. The van der Waals surface area contributed by atoms with E-state index in [1.54, 1.807) is 12.4 Å². The van der Waals surface area contributed by atoms with E-state index in [1.807, 2.05) is 24.3 Å². The van der Waals surface area contributed by atoms with Crippen LogP contribution in [0.2, 0.25) is 0 Å². The third-order valence-electron chi connectivity index (χ3n) is 3.21. The molecule has 2 aromatic carbocycles. The van der Waals surface area contributed by atoms with Crippen LogP contribution in [0.15, 0.2) is 59.8 Å². The minimum absolute atomic E-state index is 0.283. The normalized spacial score (nSPS) is 12.1. The molecule has 2 N–H and O–H groups in total. The van der Waals surface area contributed by atoms with Crippen LogP contribution in [0.5, 0.6) is 0 Å². The topological polar surface area (TPSA) is 40.2 Å². The number of anilines is 1. The second kappa shape index (κ2) is 5.55. The minimum Gasteiger partial charge on any atom is -0.361 e. The second-order valence-electron chi connectivity index (χ2n) is 4.74. The molecule has 0 radical (unpaired) electrons. The number of nitrogens with zero attached hydrogens (tertiary/aromatic N) is 1. The van der Waals surface area contributed by atoms with Crippen LogP contribution in [-0.4, -0.2) is 11.2 Å². The number of hydrazone groups is 1. The molecule has 0 amide bonds. The van der Waals surface area contributed by atoms with Crippen molar-refractivity contribution in [1.29, 1.82) is 0 Å². The molecule has 1 aromatic heterocycles. The van der Waals surface area contributed by atoms with Crippen LogP contribution in [0.25, 0.3) is 10.9 Å². The van der Waals surface area contributed by atoms with Crippen molar-refractivity contribution in [3.63, 3.8) is 0 Å². The second-order valence-corrected chi connectivity index (χ2v) is 4.74. The molecule has 0 fully saturated rings. The van der Waals surface area contributed by atoms with Crippen molar-refractivity contribution in [3.8, 4) is 0 Å². The Bertz CT molecular complexity index is 819. The quantitative estimate of drug-likeness (QED) is 0.537. The van der Waals surface area contributed by atoms with E-state index in [-0.39, 0.29) is 5.69 Å². The molecule has 3 rings (SSSR count). The molecule has 22 heavy (non-hydrogen) atoms. The van der Waals surface area contributed by atoms with E-state index < -0.39 is 11.7 Å². The van der Waals surface area contributed by atoms with Crippen molar-refractivity contribution in [1.82, 2.24) is 4.98 Å². The highest BCUT2D eigenvalue weighted by molar-refractivity contribution is 5.99. The summed E-state index contributed by atoms with van der Waals surface area (Å²) in [6.07, 6.45) is -1.00. The van der Waals surface area contributed by atoms with Gasteiger partial charge in [-0.15, -0.1) is 0 Å². The van der Waals surface area contributed by atoms with E-state index in [2.05, 4.69) is 15.5 Å². The average molecular weight is 303 g/mol. The number of fused-ring (bicyclic) bond motifs is 1. The van der Waals surface area contributed by atoms with Crippen molar-refractivity contribution in [2.75, 3.05) is 5.43 Å². The first kappa shape index (κ1) is 14.2. The maximum absolute atomic E-state index is 12.6. The van der Waals surface area contributed by atoms with Gasteiger partial charge >= 0.3 is 6.18 Å². The molecule has 0 saturated carbocycles. The number of hydrogen-bond acceptors (Lipinski definition) is 2. The lowest BCUT2D eigenvalue weighted by Crippen LogP contribution is -2.05. The molecule has 3 aromatic rings. The van der Waals surface area contributed by atoms with Crippen LogP contribution in [0.1, 0.15) is 11.1 Å². The fourth-order valence-corrected chi connectivity index (χ4v) is 2.14. The number of halogens is 3. The van der Waals surface area contributed by atoms with E-state index in [4.69, 9.17) is 0 Å². The molecule has 0 aliphatic rings. The SMILES string of the molecule is FC(F)(F)c1cccc(NN=Cc2c[nH]c3ccccc23)c1. The zero-order chi connectivity index (χ0) is 15.6. The van der Waals surface area contributed by atoms with Crippen molar-refractivity contribution in [3.05, 3.63) is 65.9 Å². The minimum atomic E-state index is -4.36. The van der Waals surface area contributed by atoms with Gasteiger partial charge < -0.3 is 4.98 Å². The van der Waals surface area contributed by atoms with Crippen molar-refractivity contribution < 1.29 is 13.2 Å². The van der Waals surface area contributed by atoms with E-state index in [9.17, 15) is 13.2 Å². The number of aromatic nitrogens is 1. The zero-order valence-corrected chi connectivity index (χ0v) is 11.4. The third-order valence-corrected chi connectivity index (χ3v) is 3.21. The molecule has 1 heterocycles. The Hall–Kier alpha value is -2.76. The molecule has 3 nitrogen and oxygen atoms in total. The van der Waals surface area contributed by atoms with Crippen LogP contribution in [0.3, 0.4) is 0 Å². The fourth-order valence-electron chi connectivity index (χ4n) is 2.14. The Labute approximate surface area is 124 Å². The van der Waals surface area contributed by atoms with Crippen LogP contribution in [0.4, 0.5) is 18.9 Å². The van der Waals surface area contributed by atoms with Gasteiger partial charge in [0.05, 0.1) is 17.5 Å². The summed E-state index contributed by atoms with van der Waals surface area (Å²) in [7, 11) is 0. The van der Waals surface area contributed by atoms with Gasteiger partial charge in [0.15, 0.2) is 0 Å². The van der Waals surface area contributed by atoms with Gasteiger partial charge in [0, 0.05) is 22.7 Å². The number of hydrogen-bond donors (Lipinski definition) is 2. The summed E-state index contributed by atoms with van der Waals surface area (Å²) in [5.41, 5.74) is 4.02. The standard InChI is InChI=1S/C16H12F3N3/c17-16(18,19)12-4-3-5-13(8-12)22-21-10-11-9-20-15-7-2-1-6-14(11)15/h1-10,20,22H. The van der Waals surface area contributed by atoms with Crippen LogP contribution >= 0.6 is 0 Å². The summed E-state index contributed by atoms with van der Waals surface area (Å²) in [6, 6.07) is 12.6. The number of aromatic amines is 1. The maximum atomic E-state index is 12.6. The summed E-state index contributed by atoms with van der Waals surface area (Å²) in [6.45, 7) is 0. The number of alkyl halides is 3. The van der Waals surface area contributed by atoms with Crippen molar-refractivity contribution >= 4 is 22.8 Å². The van der Waals surface area contributed by atoms with Gasteiger partial charge in [-0.25, -0.2) is 0 Å². The van der Waals surface area contributed by atoms with E-state index in [1.165, 1.54) is 12.1 Å². The highest BCUT2D eigenvalue weighted by Gasteiger charge is 2.30. The first-order valence-corrected chi connectivity index (χ1v) is 6.56. The highest BCUT2D eigenvalue weighted by Crippen LogP contribution is 2.30. The first-order chi connectivity index (χ1) is 10.5. The zero-order valence-electron chi connectivity index (χ0n) is 11.4. The van der Waals surface area contributed by atoms with Crippen molar-refractivity contribution in [2.45, 2.75) is 6.18 Å². The third kappa shape index (κ3) is 2.95. The number of rotatable bonds is 3. The van der Waals surface area contributed by atoms with Crippen molar-refractivity contribution in [2.24, 2.45) is 5.10 Å². The van der Waals surface area contributed by atoms with E-state index in [0.29, 0.717) is 0 Å². The Morgan fingerprint density at radius 3 is 2.68 bits per heavy atom. The van der Waals surface area contributed by atoms with Gasteiger partial charge in [0.25, 0.3) is 0 Å². The molecular formula is C16H12F3N3. The van der Waals surface area contributed by atoms with E-state index in [0.717, 1.165) is 28.6 Å². The lowest BCUT2D eigenvalue weighted by molar-refractivity contribution is -0.137. The Morgan fingerprint density at radius 2 is 1.86 bits per heavy atom. The number of benzene rings is 2. The molecule has 112 valence electrons. The molecule has 0 spiro atoms. The number of H-pyrrole nitrogens is 1. The average Bonchev–Trinajstić information content (AvgIpc) is 2.90. The van der Waals surface area contributed by atoms with Gasteiger partial charge in [-0.3, -0.25) is 5.43 Å². The van der Waals surface area contributed by atoms with Crippen LogP contribution in [0, 0.1) is 0 Å². The number of nitrogens with one attached hydrogen (secondary N) is 2. The molecule has 0 unspecified atom stereocenters. The Balaban J connectivity index is 1.77. The molecule has 0 aliphatic heterocycles. The molecule has 0 atom stereocenters. The lowest BCUT2D eigenvalue weighted by atomic mass is 10.2. The molecule has 0 bridgehead atoms.